The summed E-state index contributed by atoms with van der Waals surface area (Å²) in [5, 5.41) is 7.29. The van der Waals surface area contributed by atoms with Crippen molar-refractivity contribution in [3.05, 3.63) is 200 Å². The molecule has 0 atom stereocenters. The summed E-state index contributed by atoms with van der Waals surface area (Å²) in [6.07, 6.45) is 0. The van der Waals surface area contributed by atoms with Gasteiger partial charge in [-0.2, -0.15) is 0 Å². The summed E-state index contributed by atoms with van der Waals surface area (Å²) in [6.45, 7) is 0. The molecule has 2 heterocycles. The zero-order chi connectivity index (χ0) is 36.3. The minimum atomic E-state index is 0.888. The Bertz CT molecular complexity index is 3240. The van der Waals surface area contributed by atoms with Crippen LogP contribution >= 0.6 is 11.3 Å². The average Bonchev–Trinajstić information content (AvgIpc) is 3.82. The fourth-order valence-electron chi connectivity index (χ4n) is 8.23. The van der Waals surface area contributed by atoms with Gasteiger partial charge in [0.05, 0.1) is 11.4 Å². The molecule has 0 fully saturated rings. The van der Waals surface area contributed by atoms with Gasteiger partial charge in [-0.3, -0.25) is 0 Å². The lowest BCUT2D eigenvalue weighted by molar-refractivity contribution is 0.669. The van der Waals surface area contributed by atoms with Crippen LogP contribution in [0.25, 0.3) is 86.3 Å². The van der Waals surface area contributed by atoms with Crippen molar-refractivity contribution in [2.24, 2.45) is 0 Å². The molecule has 0 aliphatic heterocycles. The third-order valence-electron chi connectivity index (χ3n) is 10.8. The maximum atomic E-state index is 6.39. The van der Waals surface area contributed by atoms with Crippen LogP contribution < -0.4 is 4.90 Å². The molecule has 11 rings (SSSR count). The van der Waals surface area contributed by atoms with Gasteiger partial charge in [-0.15, -0.1) is 11.3 Å². The molecule has 0 aliphatic carbocycles. The van der Waals surface area contributed by atoms with Crippen molar-refractivity contribution in [1.82, 2.24) is 0 Å². The fraction of sp³-hybridized carbons (Fsp3) is 0. The van der Waals surface area contributed by atoms with E-state index in [2.05, 4.69) is 193 Å². The van der Waals surface area contributed by atoms with Gasteiger partial charge in [-0.1, -0.05) is 133 Å². The molecular formula is C52H33NOS. The van der Waals surface area contributed by atoms with Crippen LogP contribution in [0.1, 0.15) is 0 Å². The van der Waals surface area contributed by atoms with E-state index in [0.717, 1.165) is 55.7 Å². The number of fused-ring (bicyclic) bond motifs is 7. The number of thiophene rings is 1. The summed E-state index contributed by atoms with van der Waals surface area (Å²) in [5.74, 6) is 0. The van der Waals surface area contributed by atoms with Gasteiger partial charge in [0, 0.05) is 42.2 Å². The number of furan rings is 1. The summed E-state index contributed by atoms with van der Waals surface area (Å²) < 4.78 is 8.95. The van der Waals surface area contributed by atoms with E-state index >= 15 is 0 Å². The Hall–Kier alpha value is -6.94. The second-order valence-corrected chi connectivity index (χ2v) is 15.2. The van der Waals surface area contributed by atoms with E-state index in [1.807, 2.05) is 23.5 Å². The van der Waals surface area contributed by atoms with Crippen molar-refractivity contribution in [2.75, 3.05) is 4.90 Å². The van der Waals surface area contributed by atoms with Gasteiger partial charge in [0.25, 0.3) is 0 Å². The highest BCUT2D eigenvalue weighted by Crippen LogP contribution is 2.48. The predicted octanol–water partition coefficient (Wildman–Crippen LogP) is 15.6. The van der Waals surface area contributed by atoms with Crippen LogP contribution in [0.15, 0.2) is 205 Å². The van der Waals surface area contributed by atoms with Crippen LogP contribution in [0.2, 0.25) is 0 Å². The largest absolute Gasteiger partial charge is 0.456 e. The van der Waals surface area contributed by atoms with E-state index in [1.54, 1.807) is 0 Å². The second kappa shape index (κ2) is 12.9. The molecule has 0 unspecified atom stereocenters. The molecule has 0 saturated heterocycles. The van der Waals surface area contributed by atoms with E-state index in [9.17, 15) is 0 Å². The summed E-state index contributed by atoms with van der Waals surface area (Å²) in [5.41, 5.74) is 12.1. The quantitative estimate of drug-likeness (QED) is 0.170. The van der Waals surface area contributed by atoms with Crippen LogP contribution in [0, 0.1) is 0 Å². The van der Waals surface area contributed by atoms with Gasteiger partial charge in [0.15, 0.2) is 0 Å². The number of nitrogens with zero attached hydrogens (tertiary/aromatic N) is 1. The lowest BCUT2D eigenvalue weighted by Gasteiger charge is -2.29. The van der Waals surface area contributed by atoms with Gasteiger partial charge in [0.2, 0.25) is 0 Å². The molecular weight excluding hydrogens is 687 g/mol. The summed E-state index contributed by atoms with van der Waals surface area (Å²) >= 11 is 1.85. The number of benzene rings is 9. The molecule has 11 aromatic rings. The maximum absolute atomic E-state index is 6.39. The van der Waals surface area contributed by atoms with Gasteiger partial charge in [-0.05, 0) is 105 Å². The van der Waals surface area contributed by atoms with E-state index in [1.165, 1.54) is 47.6 Å². The average molecular weight is 720 g/mol. The molecule has 0 amide bonds. The first-order chi connectivity index (χ1) is 27.2. The Labute approximate surface area is 322 Å². The lowest BCUT2D eigenvalue weighted by Crippen LogP contribution is -2.11. The first-order valence-corrected chi connectivity index (χ1v) is 19.5. The SMILES string of the molecule is c1cc(-c2cccc(N(c3ccccc3-c3ccc4c(c3)oc3ccccc34)c3cccc4sc5ccccc5c34)c2)cc(-c2ccc3ccccc3c2)c1. The highest BCUT2D eigenvalue weighted by molar-refractivity contribution is 7.26. The molecule has 2 aromatic heterocycles. The summed E-state index contributed by atoms with van der Waals surface area (Å²) in [7, 11) is 0. The van der Waals surface area contributed by atoms with Crippen molar-refractivity contribution in [3.63, 3.8) is 0 Å². The van der Waals surface area contributed by atoms with Crippen LogP contribution in [0.5, 0.6) is 0 Å². The molecule has 258 valence electrons. The highest BCUT2D eigenvalue weighted by Gasteiger charge is 2.22. The number of para-hydroxylation sites is 2. The predicted molar refractivity (Wildman–Crippen MR) is 235 cm³/mol. The Morgan fingerprint density at radius 1 is 0.364 bits per heavy atom. The fourth-order valence-corrected chi connectivity index (χ4v) is 9.35. The Balaban J connectivity index is 1.10. The third-order valence-corrected chi connectivity index (χ3v) is 12.0. The van der Waals surface area contributed by atoms with Crippen molar-refractivity contribution in [3.8, 4) is 33.4 Å². The Morgan fingerprint density at radius 2 is 1.00 bits per heavy atom. The molecule has 9 aromatic carbocycles. The first kappa shape index (κ1) is 31.6. The van der Waals surface area contributed by atoms with Crippen molar-refractivity contribution < 1.29 is 4.42 Å². The molecule has 0 aliphatic rings. The summed E-state index contributed by atoms with van der Waals surface area (Å²) in [4.78, 5) is 2.45. The maximum Gasteiger partial charge on any atom is 0.136 e. The van der Waals surface area contributed by atoms with Crippen molar-refractivity contribution in [1.29, 1.82) is 0 Å². The van der Waals surface area contributed by atoms with E-state index < -0.39 is 0 Å². The standard InChI is InChI=1S/C52H33NOS/c1-2-13-35-30-39(27-26-34(35)12-1)37-15-9-14-36(31-37)38-16-10-17-41(32-38)53(47-22-11-25-51-52(47)45-20-5-8-24-50(45)55-51)46-21-6-3-18-42(46)40-28-29-44-43-19-4-7-23-48(43)54-49(44)33-40/h1-33H. The monoisotopic (exact) mass is 719 g/mol. The molecule has 0 saturated carbocycles. The third kappa shape index (κ3) is 5.40. The van der Waals surface area contributed by atoms with E-state index in [0.29, 0.717) is 0 Å². The number of hydrogen-bond donors (Lipinski definition) is 0. The van der Waals surface area contributed by atoms with E-state index in [-0.39, 0.29) is 0 Å². The second-order valence-electron chi connectivity index (χ2n) is 14.1. The van der Waals surface area contributed by atoms with Gasteiger partial charge in [0.1, 0.15) is 11.2 Å². The lowest BCUT2D eigenvalue weighted by atomic mass is 9.96. The molecule has 0 radical (unpaired) electrons. The van der Waals surface area contributed by atoms with Crippen molar-refractivity contribution in [2.45, 2.75) is 0 Å². The molecule has 2 nitrogen and oxygen atoms in total. The minimum Gasteiger partial charge on any atom is -0.456 e. The normalized spacial score (nSPS) is 11.6. The Morgan fingerprint density at radius 3 is 1.91 bits per heavy atom. The topological polar surface area (TPSA) is 16.4 Å². The van der Waals surface area contributed by atoms with Gasteiger partial charge >= 0.3 is 0 Å². The molecule has 3 heteroatoms. The smallest absolute Gasteiger partial charge is 0.136 e. The van der Waals surface area contributed by atoms with Crippen molar-refractivity contribution >= 4 is 81.3 Å². The van der Waals surface area contributed by atoms with Crippen LogP contribution in [0.4, 0.5) is 17.1 Å². The summed E-state index contributed by atoms with van der Waals surface area (Å²) in [6, 6.07) is 72.3. The van der Waals surface area contributed by atoms with Crippen LogP contribution in [0.3, 0.4) is 0 Å². The zero-order valence-electron chi connectivity index (χ0n) is 29.8. The molecule has 0 N–H and O–H groups in total. The van der Waals surface area contributed by atoms with Gasteiger partial charge in [-0.25, -0.2) is 0 Å². The van der Waals surface area contributed by atoms with Gasteiger partial charge < -0.3 is 9.32 Å². The number of anilines is 3. The zero-order valence-corrected chi connectivity index (χ0v) is 30.6. The number of hydrogen-bond acceptors (Lipinski definition) is 3. The highest BCUT2D eigenvalue weighted by atomic mass is 32.1. The molecule has 55 heavy (non-hydrogen) atoms. The van der Waals surface area contributed by atoms with Crippen LogP contribution in [-0.2, 0) is 0 Å². The molecule has 0 spiro atoms. The number of rotatable bonds is 6. The van der Waals surface area contributed by atoms with E-state index in [4.69, 9.17) is 4.42 Å². The molecule has 0 bridgehead atoms. The first-order valence-electron chi connectivity index (χ1n) is 18.7. The van der Waals surface area contributed by atoms with Crippen LogP contribution in [-0.4, -0.2) is 0 Å². The Kier molecular flexibility index (Phi) is 7.39. The minimum absolute atomic E-state index is 0.888.